The van der Waals surface area contributed by atoms with E-state index in [1.165, 1.54) is 19.3 Å². The fourth-order valence-electron chi connectivity index (χ4n) is 2.90. The normalized spacial score (nSPS) is 10.9. The van der Waals surface area contributed by atoms with E-state index in [0.29, 0.717) is 24.2 Å². The van der Waals surface area contributed by atoms with Crippen molar-refractivity contribution in [3.8, 4) is 5.75 Å². The number of carboxylic acid groups (broad SMARTS) is 1. The van der Waals surface area contributed by atoms with E-state index >= 15 is 0 Å². The minimum absolute atomic E-state index is 0. The van der Waals surface area contributed by atoms with Crippen molar-refractivity contribution in [3.63, 3.8) is 0 Å². The van der Waals surface area contributed by atoms with Gasteiger partial charge in [-0.05, 0) is 43.5 Å². The van der Waals surface area contributed by atoms with Crippen molar-refractivity contribution in [1.29, 1.82) is 0 Å². The largest absolute Gasteiger partial charge is 1.00 e. The Morgan fingerprint density at radius 3 is 1.93 bits per heavy atom. The topological polar surface area (TPSA) is 66.4 Å². The minimum atomic E-state index is -1.18. The van der Waals surface area contributed by atoms with Gasteiger partial charge in [0.05, 0.1) is 5.97 Å². The summed E-state index contributed by atoms with van der Waals surface area (Å²) < 4.78 is 5.56. The van der Waals surface area contributed by atoms with Crippen LogP contribution >= 0.6 is 0 Å². The van der Waals surface area contributed by atoms with E-state index in [2.05, 4.69) is 13.8 Å². The van der Waals surface area contributed by atoms with Crippen LogP contribution in [-0.2, 0) is 4.79 Å². The summed E-state index contributed by atoms with van der Waals surface area (Å²) >= 11 is 0. The number of rotatable bonds is 15. The molecule has 0 fully saturated rings. The summed E-state index contributed by atoms with van der Waals surface area (Å²) in [6.45, 7) is 8.28. The molecule has 0 saturated carbocycles. The van der Waals surface area contributed by atoms with Gasteiger partial charge in [0.25, 0.3) is 0 Å². The molecule has 5 heteroatoms. The van der Waals surface area contributed by atoms with Crippen molar-refractivity contribution in [1.82, 2.24) is 0 Å². The molecule has 1 aromatic rings. The molecule has 0 spiro atoms. The molecule has 0 aliphatic carbocycles. The maximum Gasteiger partial charge on any atom is 1.00 e. The Hall–Kier alpha value is -0.840. The third-order valence-electron chi connectivity index (χ3n) is 4.54. The summed E-state index contributed by atoms with van der Waals surface area (Å²) in [6.07, 6.45) is 9.68. The van der Waals surface area contributed by atoms with Gasteiger partial charge in [0, 0.05) is 12.0 Å². The number of carbonyl (C=O) groups is 2. The fourth-order valence-corrected chi connectivity index (χ4v) is 2.90. The molecule has 0 radical (unpaired) electrons. The Balaban J connectivity index is 0. The van der Waals surface area contributed by atoms with E-state index in [0.717, 1.165) is 38.5 Å². The zero-order chi connectivity index (χ0) is 21.2. The van der Waals surface area contributed by atoms with Gasteiger partial charge in [-0.25, -0.2) is 0 Å². The first-order valence-corrected chi connectivity index (χ1v) is 11.1. The summed E-state index contributed by atoms with van der Waals surface area (Å²) in [4.78, 5) is 23.4. The standard InChI is InChI=1S/C22H34O4.C2H6.Na/c1-3-5-7-8-9-11-13-21(22(24)25)26-19-16-14-18(15-17-19)20(23)12-10-6-4-2;1-2;/h14-17,21H,3-13H2,1-2H3,(H,24,25);1-2H3;/q;;+1/p-1. The van der Waals surface area contributed by atoms with Gasteiger partial charge in [-0.3, -0.25) is 4.79 Å². The number of hydrogen-bond donors (Lipinski definition) is 0. The number of carboxylic acids is 1. The first kappa shape index (κ1) is 30.4. The molecule has 4 nitrogen and oxygen atoms in total. The SMILES string of the molecule is CC.CCCCCCCCC(Oc1ccc(C(=O)CCCCC)cc1)C(=O)[O-].[Na+]. The van der Waals surface area contributed by atoms with Gasteiger partial charge >= 0.3 is 29.6 Å². The summed E-state index contributed by atoms with van der Waals surface area (Å²) in [5.41, 5.74) is 0.648. The van der Waals surface area contributed by atoms with Crippen LogP contribution in [0, 0.1) is 0 Å². The Morgan fingerprint density at radius 1 is 0.862 bits per heavy atom. The number of ketones is 1. The minimum Gasteiger partial charge on any atom is -0.546 e. The van der Waals surface area contributed by atoms with Crippen molar-refractivity contribution >= 4 is 11.8 Å². The van der Waals surface area contributed by atoms with Crippen LogP contribution in [-0.4, -0.2) is 17.9 Å². The van der Waals surface area contributed by atoms with E-state index in [1.807, 2.05) is 13.8 Å². The molecule has 0 heterocycles. The summed E-state index contributed by atoms with van der Waals surface area (Å²) in [7, 11) is 0. The number of carbonyl (C=O) groups excluding carboxylic acids is 2. The predicted molar refractivity (Wildman–Crippen MR) is 114 cm³/mol. The summed E-state index contributed by atoms with van der Waals surface area (Å²) in [5, 5.41) is 11.3. The quantitative estimate of drug-likeness (QED) is 0.251. The van der Waals surface area contributed by atoms with Gasteiger partial charge in [-0.2, -0.15) is 0 Å². The number of hydrogen-bond acceptors (Lipinski definition) is 4. The first-order valence-electron chi connectivity index (χ1n) is 11.1. The smallest absolute Gasteiger partial charge is 0.546 e. The monoisotopic (exact) mass is 414 g/mol. The Labute approximate surface area is 200 Å². The molecule has 1 aromatic carbocycles. The maximum atomic E-state index is 12.1. The fraction of sp³-hybridized carbons (Fsp3) is 0.667. The molecule has 29 heavy (non-hydrogen) atoms. The summed E-state index contributed by atoms with van der Waals surface area (Å²) in [5.74, 6) is -0.595. The molecule has 0 amide bonds. The zero-order valence-electron chi connectivity index (χ0n) is 19.3. The summed E-state index contributed by atoms with van der Waals surface area (Å²) in [6, 6.07) is 6.76. The van der Waals surface area contributed by atoms with E-state index < -0.39 is 12.1 Å². The Morgan fingerprint density at radius 2 is 1.38 bits per heavy atom. The van der Waals surface area contributed by atoms with Gasteiger partial charge in [-0.1, -0.05) is 72.6 Å². The van der Waals surface area contributed by atoms with E-state index in [1.54, 1.807) is 24.3 Å². The van der Waals surface area contributed by atoms with Crippen LogP contribution in [0.15, 0.2) is 24.3 Å². The van der Waals surface area contributed by atoms with Gasteiger partial charge in [0.15, 0.2) is 5.78 Å². The number of aliphatic carboxylic acids is 1. The number of benzene rings is 1. The third-order valence-corrected chi connectivity index (χ3v) is 4.54. The number of unbranched alkanes of at least 4 members (excludes halogenated alkanes) is 7. The molecular formula is C24H39NaO4. The Bertz CT molecular complexity index is 528. The Kier molecular flexibility index (Phi) is 21.4. The molecule has 0 N–H and O–H groups in total. The first-order chi connectivity index (χ1) is 13.6. The van der Waals surface area contributed by atoms with Crippen LogP contribution in [0.25, 0.3) is 0 Å². The van der Waals surface area contributed by atoms with Gasteiger partial charge in [-0.15, -0.1) is 0 Å². The molecule has 0 saturated heterocycles. The average Bonchev–Trinajstić information content (AvgIpc) is 2.71. The molecule has 1 rings (SSSR count). The molecule has 0 bridgehead atoms. The van der Waals surface area contributed by atoms with E-state index in [9.17, 15) is 14.7 Å². The van der Waals surface area contributed by atoms with Crippen LogP contribution in [0.5, 0.6) is 5.75 Å². The van der Waals surface area contributed by atoms with Crippen LogP contribution in [0.1, 0.15) is 109 Å². The molecule has 0 aromatic heterocycles. The van der Waals surface area contributed by atoms with Crippen molar-refractivity contribution in [2.75, 3.05) is 0 Å². The van der Waals surface area contributed by atoms with Crippen molar-refractivity contribution in [2.45, 2.75) is 104 Å². The van der Waals surface area contributed by atoms with E-state index in [-0.39, 0.29) is 35.3 Å². The van der Waals surface area contributed by atoms with Crippen molar-refractivity contribution < 1.29 is 49.0 Å². The molecule has 1 unspecified atom stereocenters. The third kappa shape index (κ3) is 14.7. The van der Waals surface area contributed by atoms with Crippen molar-refractivity contribution in [2.24, 2.45) is 0 Å². The number of Topliss-reactive ketones (excluding diaryl/α,β-unsaturated/α-hetero) is 1. The van der Waals surface area contributed by atoms with Crippen LogP contribution in [0.4, 0.5) is 0 Å². The van der Waals surface area contributed by atoms with E-state index in [4.69, 9.17) is 4.74 Å². The van der Waals surface area contributed by atoms with Gasteiger partial charge in [0.2, 0.25) is 0 Å². The predicted octanol–water partition coefficient (Wildman–Crippen LogP) is 2.73. The molecule has 0 aliphatic rings. The zero-order valence-corrected chi connectivity index (χ0v) is 21.3. The van der Waals surface area contributed by atoms with Crippen LogP contribution in [0.3, 0.4) is 0 Å². The molecular weight excluding hydrogens is 375 g/mol. The number of ether oxygens (including phenoxy) is 1. The maximum absolute atomic E-state index is 12.1. The molecule has 0 aliphatic heterocycles. The second kappa shape index (κ2) is 20.4. The second-order valence-corrected chi connectivity index (χ2v) is 6.89. The van der Waals surface area contributed by atoms with Gasteiger partial charge in [0.1, 0.15) is 11.9 Å². The van der Waals surface area contributed by atoms with Gasteiger partial charge < -0.3 is 14.6 Å². The van der Waals surface area contributed by atoms with Crippen LogP contribution < -0.4 is 39.4 Å². The molecule has 1 atom stereocenters. The van der Waals surface area contributed by atoms with Crippen LogP contribution in [0.2, 0.25) is 0 Å². The second-order valence-electron chi connectivity index (χ2n) is 6.89. The molecule has 160 valence electrons. The average molecular weight is 415 g/mol. The van der Waals surface area contributed by atoms with Crippen molar-refractivity contribution in [3.05, 3.63) is 29.8 Å².